The van der Waals surface area contributed by atoms with Crippen LogP contribution in [-0.2, 0) is 64.3 Å². The van der Waals surface area contributed by atoms with Crippen LogP contribution in [0.1, 0.15) is 28.5 Å². The fourth-order valence-corrected chi connectivity index (χ4v) is 3.67. The minimum atomic E-state index is 0. The minimum absolute atomic E-state index is 0. The first-order valence-corrected chi connectivity index (χ1v) is 9.29. The van der Waals surface area contributed by atoms with Gasteiger partial charge in [-0.15, -0.1) is 21.9 Å². The number of aliphatic hydroxyl groups excluding tert-OH is 1. The van der Waals surface area contributed by atoms with E-state index in [4.69, 9.17) is 9.90 Å². The largest absolute Gasteiger partial charge is 1.00 e. The zero-order valence-corrected chi connectivity index (χ0v) is 28.8. The summed E-state index contributed by atoms with van der Waals surface area (Å²) in [6.07, 6.45) is 0.886. The molecule has 0 aliphatic heterocycles. The monoisotopic (exact) mass is 735 g/mol. The van der Waals surface area contributed by atoms with Gasteiger partial charge in [-0.05, 0) is 0 Å². The first kappa shape index (κ1) is 32.8. The van der Waals surface area contributed by atoms with Gasteiger partial charge in [-0.3, -0.25) is 11.3 Å². The number of benzene rings is 2. The Morgan fingerprint density at radius 3 is 2.43 bits per heavy atom. The predicted molar refractivity (Wildman–Crippen MR) is 114 cm³/mol. The molecule has 30 heavy (non-hydrogen) atoms. The predicted octanol–water partition coefficient (Wildman–Crippen LogP) is 3.17. The maximum absolute atomic E-state index is 8.24. The van der Waals surface area contributed by atoms with Gasteiger partial charge >= 0.3 is 58.2 Å². The molecule has 0 bridgehead atoms. The molecule has 0 aliphatic carbocycles. The second-order valence-corrected chi connectivity index (χ2v) is 7.35. The van der Waals surface area contributed by atoms with Crippen molar-refractivity contribution in [3.05, 3.63) is 102 Å². The van der Waals surface area contributed by atoms with Crippen molar-refractivity contribution in [3.8, 4) is 10.4 Å². The molecule has 1 heterocycles. The number of thiophene rings is 1. The third kappa shape index (κ3) is 10.1. The van der Waals surface area contributed by atoms with Crippen molar-refractivity contribution in [1.82, 2.24) is 0 Å². The van der Waals surface area contributed by atoms with Crippen LogP contribution in [0.15, 0.2) is 61.2 Å². The molecule has 0 saturated carbocycles. The van der Waals surface area contributed by atoms with Crippen molar-refractivity contribution in [2.75, 3.05) is 0 Å². The van der Waals surface area contributed by atoms with Gasteiger partial charge in [0.25, 0.3) is 0 Å². The summed E-state index contributed by atoms with van der Waals surface area (Å²) in [5.74, 6) is 1.27. The molecule has 1 N–H and O–H groups in total. The topological polar surface area (TPSA) is 37.3 Å². The second kappa shape index (κ2) is 17.2. The van der Waals surface area contributed by atoms with Crippen molar-refractivity contribution in [1.29, 1.82) is 0 Å². The van der Waals surface area contributed by atoms with Crippen LogP contribution in [0.5, 0.6) is 0 Å². The Morgan fingerprint density at radius 2 is 1.87 bits per heavy atom. The Hall–Kier alpha value is 0.661. The Morgan fingerprint density at radius 1 is 1.27 bits per heavy atom. The van der Waals surface area contributed by atoms with Gasteiger partial charge in [0.05, 0.1) is 0 Å². The summed E-state index contributed by atoms with van der Waals surface area (Å²) in [4.78, 5) is 10.7. The normalized spacial score (nSPS) is 8.87. The third-order valence-electron chi connectivity index (χ3n) is 4.29. The SMILES string of the molecule is C=C(c1ccc(C)c([CH2-])c1)[C-](C)Cc1[c-]cc(-c2ccccc2)s1.O=[C-]O.[Rb+].[Re].[Y]. The first-order chi connectivity index (χ1) is 13.0. The van der Waals surface area contributed by atoms with E-state index >= 15 is 0 Å². The van der Waals surface area contributed by atoms with Gasteiger partial charge in [0.15, 0.2) is 0 Å². The Labute approximate surface area is 272 Å². The van der Waals surface area contributed by atoms with E-state index in [1.54, 1.807) is 11.3 Å². The van der Waals surface area contributed by atoms with Crippen LogP contribution in [-0.4, -0.2) is 11.6 Å². The number of allylic oxidation sites excluding steroid dienone is 1. The van der Waals surface area contributed by atoms with Crippen molar-refractivity contribution in [2.24, 2.45) is 0 Å². The zero-order chi connectivity index (χ0) is 19.8. The van der Waals surface area contributed by atoms with Crippen LogP contribution in [0.3, 0.4) is 0 Å². The van der Waals surface area contributed by atoms with Gasteiger partial charge in [0.1, 0.15) is 0 Å². The van der Waals surface area contributed by atoms with Crippen LogP contribution in [0, 0.1) is 25.8 Å². The number of hydrogen-bond acceptors (Lipinski definition) is 2. The van der Waals surface area contributed by atoms with Crippen LogP contribution >= 0.6 is 11.3 Å². The van der Waals surface area contributed by atoms with Gasteiger partial charge < -0.3 is 9.90 Å². The molecule has 3 aromatic rings. The smallest absolute Gasteiger partial charge is 0.665 e. The van der Waals surface area contributed by atoms with Crippen molar-refractivity contribution >= 4 is 23.4 Å². The molecule has 2 radical (unpaired) electrons. The van der Waals surface area contributed by atoms with E-state index in [9.17, 15) is 0 Å². The Kier molecular flexibility index (Phi) is 18.8. The van der Waals surface area contributed by atoms with Gasteiger partial charge in [-0.2, -0.15) is 30.5 Å². The second-order valence-electron chi connectivity index (χ2n) is 6.21. The van der Waals surface area contributed by atoms with Crippen LogP contribution in [0.4, 0.5) is 0 Å². The maximum atomic E-state index is 8.24. The molecule has 0 atom stereocenters. The summed E-state index contributed by atoms with van der Waals surface area (Å²) in [5, 5.41) is 6.76. The van der Waals surface area contributed by atoms with E-state index < -0.39 is 0 Å². The standard InChI is InChI=1S/C23H21S.CHO2.Rb.Re.Y/c1-16-10-11-21(14-17(16)2)19(4)18(3)15-22-12-13-23(24-22)20-8-6-5-7-9-20;2-1-3;;;/h5-11,13-14H,2,4,15H2,1,3H3;(H,2,3);;;/q-3;-1;+1;;. The van der Waals surface area contributed by atoms with Crippen molar-refractivity contribution < 1.29 is 121 Å². The van der Waals surface area contributed by atoms with Gasteiger partial charge in [-0.25, -0.2) is 29.3 Å². The van der Waals surface area contributed by atoms with Crippen LogP contribution in [0.25, 0.3) is 16.0 Å². The molecule has 3 rings (SSSR count). The molecule has 0 saturated heterocycles. The van der Waals surface area contributed by atoms with Crippen LogP contribution < -0.4 is 58.2 Å². The molecule has 150 valence electrons. The summed E-state index contributed by atoms with van der Waals surface area (Å²) in [5.41, 5.74) is 5.77. The van der Waals surface area contributed by atoms with Gasteiger partial charge in [0.2, 0.25) is 0 Å². The molecule has 0 amide bonds. The Bertz CT molecular complexity index is 913. The number of hydrogen-bond donors (Lipinski definition) is 1. The molecular formula is C24H22O2RbReSY-3. The van der Waals surface area contributed by atoms with Gasteiger partial charge in [-0.1, -0.05) is 62.6 Å². The van der Waals surface area contributed by atoms with Crippen LogP contribution in [0.2, 0.25) is 0 Å². The molecule has 0 spiro atoms. The number of aryl methyl sites for hydroxylation is 1. The summed E-state index contributed by atoms with van der Waals surface area (Å²) in [6.45, 7) is 13.1. The van der Waals surface area contributed by atoms with E-state index in [1.165, 1.54) is 26.8 Å². The summed E-state index contributed by atoms with van der Waals surface area (Å²) in [7, 11) is 0. The van der Waals surface area contributed by atoms with E-state index in [-0.39, 0.29) is 111 Å². The van der Waals surface area contributed by atoms with Crippen molar-refractivity contribution in [2.45, 2.75) is 20.3 Å². The molecule has 0 unspecified atom stereocenters. The van der Waals surface area contributed by atoms with Crippen molar-refractivity contribution in [3.63, 3.8) is 0 Å². The molecule has 0 fully saturated rings. The molecule has 2 aromatic carbocycles. The van der Waals surface area contributed by atoms with E-state index in [0.29, 0.717) is 6.47 Å². The Balaban J connectivity index is 0. The average molecular weight is 735 g/mol. The summed E-state index contributed by atoms with van der Waals surface area (Å²) < 4.78 is 0. The van der Waals surface area contributed by atoms with E-state index in [0.717, 1.165) is 23.1 Å². The van der Waals surface area contributed by atoms with E-state index in [2.05, 4.69) is 81.9 Å². The molecular weight excluding hydrogens is 713 g/mol. The van der Waals surface area contributed by atoms with E-state index in [1.807, 2.05) is 6.07 Å². The summed E-state index contributed by atoms with van der Waals surface area (Å²) in [6, 6.07) is 22.3. The first-order valence-electron chi connectivity index (χ1n) is 8.48. The fraction of sp³-hybridized carbons (Fsp3) is 0.125. The van der Waals surface area contributed by atoms with Gasteiger partial charge in [0, 0.05) is 53.1 Å². The number of rotatable bonds is 5. The molecule has 1 aromatic heterocycles. The fourth-order valence-electron chi connectivity index (χ4n) is 2.62. The maximum Gasteiger partial charge on any atom is 1.00 e. The molecule has 2 nitrogen and oxygen atoms in total. The summed E-state index contributed by atoms with van der Waals surface area (Å²) >= 11 is 1.80. The quantitative estimate of drug-likeness (QED) is 0.410. The average Bonchev–Trinajstić information content (AvgIpc) is 3.13. The molecule has 0 aliphatic rings. The molecule has 6 heteroatoms. The third-order valence-corrected chi connectivity index (χ3v) is 5.38. The minimum Gasteiger partial charge on any atom is -0.665 e. The zero-order valence-electron chi connectivity index (χ0n) is 17.5.